The minimum Gasteiger partial charge on any atom is -0.297 e. The number of aryl methyl sites for hydroxylation is 1. The van der Waals surface area contributed by atoms with Crippen molar-refractivity contribution in [3.8, 4) is 39.1 Å². The van der Waals surface area contributed by atoms with E-state index in [9.17, 15) is 0 Å². The SMILES string of the molecule is [B]c1c([B])c([B])c(-c2c3ccccc3c(-c3cccc(-n4c(C)nc5ccccc54)c3)c3ccc(-c4ccccc4)cc23)c([B])c1[B]. The van der Waals surface area contributed by atoms with E-state index in [-0.39, 0.29) is 16.4 Å². The monoisotopic (exact) mass is 586 g/mol. The van der Waals surface area contributed by atoms with Crippen LogP contribution < -0.4 is 27.3 Å². The van der Waals surface area contributed by atoms with Gasteiger partial charge in [-0.15, -0.1) is 16.4 Å². The molecule has 10 radical (unpaired) electrons. The molecule has 2 nitrogen and oxygen atoms in total. The molecular weight excluding hydrogens is 563 g/mol. The van der Waals surface area contributed by atoms with Gasteiger partial charge in [0.1, 0.15) is 45.1 Å². The largest absolute Gasteiger partial charge is 0.297 e. The Labute approximate surface area is 280 Å². The van der Waals surface area contributed by atoms with Gasteiger partial charge in [0.15, 0.2) is 0 Å². The molecule has 1 aromatic heterocycles. The van der Waals surface area contributed by atoms with Crippen LogP contribution in [0.1, 0.15) is 5.82 Å². The van der Waals surface area contributed by atoms with Crippen molar-refractivity contribution in [3.05, 3.63) is 127 Å². The molecule has 0 N–H and O–H groups in total. The van der Waals surface area contributed by atoms with Crippen molar-refractivity contribution >= 4 is 99.1 Å². The molecule has 1 heterocycles. The summed E-state index contributed by atoms with van der Waals surface area (Å²) in [4.78, 5) is 4.82. The Morgan fingerprint density at radius 2 is 1.04 bits per heavy atom. The summed E-state index contributed by atoms with van der Waals surface area (Å²) in [6, 6.07) is 42.0. The van der Waals surface area contributed by atoms with Gasteiger partial charge in [0.05, 0.1) is 11.0 Å². The molecule has 0 amide bonds. The molecule has 8 rings (SSSR count). The lowest BCUT2D eigenvalue weighted by Gasteiger charge is -2.25. The van der Waals surface area contributed by atoms with Gasteiger partial charge in [0.2, 0.25) is 0 Å². The van der Waals surface area contributed by atoms with Gasteiger partial charge in [-0.3, -0.25) is 4.57 Å². The molecule has 0 saturated carbocycles. The number of para-hydroxylation sites is 2. The summed E-state index contributed by atoms with van der Waals surface area (Å²) in [7, 11) is 32.6. The van der Waals surface area contributed by atoms with Crippen LogP contribution in [0.2, 0.25) is 0 Å². The van der Waals surface area contributed by atoms with Crippen LogP contribution in [0.4, 0.5) is 0 Å². The summed E-state index contributed by atoms with van der Waals surface area (Å²) in [5, 5.41) is 4.02. The third kappa shape index (κ3) is 4.60. The van der Waals surface area contributed by atoms with Crippen molar-refractivity contribution in [2.75, 3.05) is 0 Å². The van der Waals surface area contributed by atoms with E-state index >= 15 is 0 Å². The maximum Gasteiger partial charge on any atom is 0.113 e. The van der Waals surface area contributed by atoms with E-state index in [4.69, 9.17) is 44.2 Å². The van der Waals surface area contributed by atoms with Crippen LogP contribution in [0.3, 0.4) is 0 Å². The average Bonchev–Trinajstić information content (AvgIpc) is 3.45. The smallest absolute Gasteiger partial charge is 0.113 e. The van der Waals surface area contributed by atoms with Gasteiger partial charge in [0, 0.05) is 5.69 Å². The Hall–Kier alpha value is -5.15. The second kappa shape index (κ2) is 11.3. The van der Waals surface area contributed by atoms with Gasteiger partial charge in [-0.05, 0) is 92.2 Å². The summed E-state index contributed by atoms with van der Waals surface area (Å²) in [6.45, 7) is 2.04. The maximum absolute atomic E-state index is 6.75. The minimum absolute atomic E-state index is 0.193. The van der Waals surface area contributed by atoms with Crippen molar-refractivity contribution in [2.45, 2.75) is 6.92 Å². The lowest BCUT2D eigenvalue weighted by Crippen LogP contribution is -2.55. The van der Waals surface area contributed by atoms with Crippen molar-refractivity contribution in [2.24, 2.45) is 0 Å². The summed E-state index contributed by atoms with van der Waals surface area (Å²) in [6.07, 6.45) is 0. The Balaban J connectivity index is 1.50. The molecule has 0 spiro atoms. The molecule has 0 aliphatic rings. The third-order valence-electron chi connectivity index (χ3n) is 9.20. The van der Waals surface area contributed by atoms with Crippen molar-refractivity contribution in [1.29, 1.82) is 0 Å². The maximum atomic E-state index is 6.75. The lowest BCUT2D eigenvalue weighted by atomic mass is 9.59. The van der Waals surface area contributed by atoms with E-state index in [1.807, 2.05) is 49.4 Å². The lowest BCUT2D eigenvalue weighted by molar-refractivity contribution is 1.00. The van der Waals surface area contributed by atoms with Crippen LogP contribution in [-0.4, -0.2) is 48.8 Å². The van der Waals surface area contributed by atoms with E-state index in [1.165, 1.54) is 0 Å². The molecule has 208 valence electrons. The number of aromatic nitrogens is 2. The Morgan fingerprint density at radius 3 is 1.79 bits per heavy atom. The number of fused-ring (bicyclic) bond motifs is 3. The number of rotatable bonds is 4. The molecule has 8 aromatic rings. The van der Waals surface area contributed by atoms with Gasteiger partial charge in [0.25, 0.3) is 0 Å². The van der Waals surface area contributed by atoms with E-state index in [0.29, 0.717) is 16.5 Å². The fourth-order valence-corrected chi connectivity index (χ4v) is 6.96. The second-order valence-corrected chi connectivity index (χ2v) is 11.9. The topological polar surface area (TPSA) is 17.8 Å². The van der Waals surface area contributed by atoms with Crippen LogP contribution in [0.25, 0.3) is 71.6 Å². The highest BCUT2D eigenvalue weighted by molar-refractivity contribution is 6.69. The van der Waals surface area contributed by atoms with Crippen molar-refractivity contribution in [3.63, 3.8) is 0 Å². The normalized spacial score (nSPS) is 11.5. The second-order valence-electron chi connectivity index (χ2n) is 11.9. The first-order chi connectivity index (χ1) is 22.8. The van der Waals surface area contributed by atoms with Gasteiger partial charge in [-0.25, -0.2) is 4.98 Å². The minimum atomic E-state index is 0.193. The van der Waals surface area contributed by atoms with Gasteiger partial charge in [-0.1, -0.05) is 102 Å². The predicted molar refractivity (Wildman–Crippen MR) is 204 cm³/mol. The first-order valence-corrected chi connectivity index (χ1v) is 15.4. The van der Waals surface area contributed by atoms with Crippen LogP contribution in [0, 0.1) is 6.92 Å². The fourth-order valence-electron chi connectivity index (χ4n) is 6.96. The summed E-state index contributed by atoms with van der Waals surface area (Å²) in [5.41, 5.74) is 10.1. The van der Waals surface area contributed by atoms with E-state index in [2.05, 4.69) is 83.4 Å². The summed E-state index contributed by atoms with van der Waals surface area (Å²) < 4.78 is 2.20. The zero-order chi connectivity index (χ0) is 32.4. The van der Waals surface area contributed by atoms with Crippen LogP contribution >= 0.6 is 0 Å². The molecule has 0 atom stereocenters. The van der Waals surface area contributed by atoms with Gasteiger partial charge in [-0.2, -0.15) is 0 Å². The van der Waals surface area contributed by atoms with Crippen molar-refractivity contribution < 1.29 is 0 Å². The Bertz CT molecular complexity index is 2510. The number of imidazole rings is 1. The first-order valence-electron chi connectivity index (χ1n) is 15.4. The Morgan fingerprint density at radius 1 is 0.447 bits per heavy atom. The zero-order valence-electron chi connectivity index (χ0n) is 25.8. The average molecular weight is 586 g/mol. The molecule has 0 bridgehead atoms. The highest BCUT2D eigenvalue weighted by Crippen LogP contribution is 2.44. The molecule has 0 saturated heterocycles. The number of hydrogen-bond acceptors (Lipinski definition) is 1. The molecule has 47 heavy (non-hydrogen) atoms. The van der Waals surface area contributed by atoms with E-state index in [0.717, 1.165) is 71.9 Å². The zero-order valence-corrected chi connectivity index (χ0v) is 25.8. The Kier molecular flexibility index (Phi) is 7.02. The summed E-state index contributed by atoms with van der Waals surface area (Å²) in [5.74, 6) is 0.922. The number of hydrogen-bond donors (Lipinski definition) is 0. The highest BCUT2D eigenvalue weighted by atomic mass is 15.1. The molecular formula is C40H23B5N2. The highest BCUT2D eigenvalue weighted by Gasteiger charge is 2.21. The standard InChI is InChI=1S/C40H23B5N2/c1-22-46-31-16-7-8-17-32(31)47(22)26-13-9-12-25(20-26)33-27-14-5-6-15-28(27)34(35-36(41)38(43)40(45)39(44)37(35)42)30-21-24(18-19-29(30)33)23-10-3-2-4-11-23/h2-21H,1H3. The van der Waals surface area contributed by atoms with Crippen LogP contribution in [-0.2, 0) is 0 Å². The first kappa shape index (κ1) is 29.3. The molecule has 7 aromatic carbocycles. The predicted octanol–water partition coefficient (Wildman–Crippen LogP) is 4.61. The van der Waals surface area contributed by atoms with Crippen molar-refractivity contribution in [1.82, 2.24) is 9.55 Å². The molecule has 0 aliphatic heterocycles. The van der Waals surface area contributed by atoms with E-state index in [1.54, 1.807) is 0 Å². The molecule has 0 unspecified atom stereocenters. The van der Waals surface area contributed by atoms with Crippen LogP contribution in [0.5, 0.6) is 0 Å². The number of benzene rings is 7. The van der Waals surface area contributed by atoms with Crippen LogP contribution in [0.15, 0.2) is 121 Å². The quantitative estimate of drug-likeness (QED) is 0.218. The fraction of sp³-hybridized carbons (Fsp3) is 0.0250. The molecule has 0 fully saturated rings. The van der Waals surface area contributed by atoms with Gasteiger partial charge < -0.3 is 0 Å². The molecule has 0 aliphatic carbocycles. The number of nitrogens with zero attached hydrogens (tertiary/aromatic N) is 2. The third-order valence-corrected chi connectivity index (χ3v) is 9.20. The summed E-state index contributed by atoms with van der Waals surface area (Å²) >= 11 is 0. The van der Waals surface area contributed by atoms with E-state index < -0.39 is 0 Å². The molecule has 7 heteroatoms. The van der Waals surface area contributed by atoms with Gasteiger partial charge >= 0.3 is 0 Å².